The fourth-order valence-corrected chi connectivity index (χ4v) is 2.59. The van der Waals surface area contributed by atoms with Crippen LogP contribution in [0.25, 0.3) is 0 Å². The number of rotatable bonds is 18. The summed E-state index contributed by atoms with van der Waals surface area (Å²) < 4.78 is 0. The van der Waals surface area contributed by atoms with Gasteiger partial charge in [-0.25, -0.2) is 0 Å². The van der Waals surface area contributed by atoms with Gasteiger partial charge in [0.15, 0.2) is 0 Å². The molecular weight excluding hydrogens is 692 g/mol. The van der Waals surface area contributed by atoms with Crippen LogP contribution in [-0.4, -0.2) is 221 Å². The van der Waals surface area contributed by atoms with E-state index in [-0.39, 0.29) is 17.1 Å². The number of aliphatic hydroxyl groups is 18. The Morgan fingerprint density at radius 3 is 0.609 bits per heavy atom. The van der Waals surface area contributed by atoms with Crippen molar-refractivity contribution in [2.75, 3.05) is 19.8 Å². The molecule has 46 heavy (non-hydrogen) atoms. The summed E-state index contributed by atoms with van der Waals surface area (Å²) in [5.74, 6) is -6.10. The SMILES string of the molecule is O=C([O-])[C@H](O)[C@@H](O)[C@H](O)[C@H](O)C(O)CO.O=C([O-])[C@H](O)[C@@H](O)[C@H](O)[C@H](O)C(O)CO.O=C([O-])[C@H](O)[C@@H](O)[C@H](O)[C@H](O)C(O)CO.[Fe+3]. The Morgan fingerprint density at radius 2 is 0.500 bits per heavy atom. The monoisotopic (exact) mass is 731 g/mol. The minimum absolute atomic E-state index is 0. The van der Waals surface area contributed by atoms with Crippen LogP contribution < -0.4 is 15.3 Å². The van der Waals surface area contributed by atoms with E-state index in [0.717, 1.165) is 0 Å². The van der Waals surface area contributed by atoms with Crippen molar-refractivity contribution in [3.8, 4) is 0 Å². The molecule has 0 rings (SSSR count). The van der Waals surface area contributed by atoms with Crippen molar-refractivity contribution >= 4 is 17.9 Å². The number of hydrogen-bond acceptors (Lipinski definition) is 24. The molecule has 18 N–H and O–H groups in total. The van der Waals surface area contributed by atoms with Gasteiger partial charge in [0, 0.05) is 0 Å². The van der Waals surface area contributed by atoms with E-state index in [9.17, 15) is 29.7 Å². The van der Waals surface area contributed by atoms with Gasteiger partial charge in [0.25, 0.3) is 0 Å². The van der Waals surface area contributed by atoms with Gasteiger partial charge in [0.2, 0.25) is 0 Å². The van der Waals surface area contributed by atoms with Gasteiger partial charge in [0.05, 0.1) is 37.7 Å². The average Bonchev–Trinajstić information content (AvgIpc) is 3.02. The minimum atomic E-state index is -2.40. The molecule has 0 amide bonds. The zero-order valence-electron chi connectivity index (χ0n) is 23.1. The zero-order chi connectivity index (χ0) is 36.5. The number of aliphatic hydroxyl groups excluding tert-OH is 18. The third-order valence-corrected chi connectivity index (χ3v) is 5.54. The van der Waals surface area contributed by atoms with Crippen molar-refractivity contribution in [2.24, 2.45) is 0 Å². The fourth-order valence-electron chi connectivity index (χ4n) is 2.59. The normalized spacial score (nSPS) is 21.0. The van der Waals surface area contributed by atoms with Gasteiger partial charge in [-0.15, -0.1) is 0 Å². The van der Waals surface area contributed by atoms with Gasteiger partial charge >= 0.3 is 17.1 Å². The summed E-state index contributed by atoms with van der Waals surface area (Å²) in [6, 6.07) is 0. The van der Waals surface area contributed by atoms with Crippen molar-refractivity contribution < 1.29 is 139 Å². The maximum absolute atomic E-state index is 10.1. The van der Waals surface area contributed by atoms with E-state index in [1.807, 2.05) is 0 Å². The fraction of sp³-hybridized carbons (Fsp3) is 0.857. The van der Waals surface area contributed by atoms with Crippen molar-refractivity contribution in [2.45, 2.75) is 91.6 Å². The standard InChI is InChI=1S/3C7H14O8.Fe/c3*8-1-2(9)3(10)4(11)5(12)6(13)7(14)15;/h3*2-6,8-13H,1H2,(H,14,15);/q;;;+3/p-3/t3*2?,3-,4-,5+,6-;/m111./s1. The molecule has 0 aliphatic carbocycles. The predicted octanol–water partition coefficient (Wildman–Crippen LogP) is -16.4. The molecule has 1 radical (unpaired) electrons. The Labute approximate surface area is 268 Å². The van der Waals surface area contributed by atoms with Crippen molar-refractivity contribution in [1.29, 1.82) is 0 Å². The largest absolute Gasteiger partial charge is 3.00 e. The van der Waals surface area contributed by atoms with Gasteiger partial charge in [-0.3, -0.25) is 0 Å². The second kappa shape index (κ2) is 25.3. The molecule has 0 spiro atoms. The molecule has 24 nitrogen and oxygen atoms in total. The number of carboxylic acids is 3. The molecule has 0 saturated heterocycles. The topological polar surface area (TPSA) is 485 Å². The Morgan fingerprint density at radius 1 is 0.348 bits per heavy atom. The number of carbonyl (C=O) groups excluding carboxylic acids is 3. The molecule has 0 aliphatic heterocycles. The van der Waals surface area contributed by atoms with Crippen molar-refractivity contribution in [3.63, 3.8) is 0 Å². The molecule has 0 aromatic carbocycles. The van der Waals surface area contributed by atoms with Crippen molar-refractivity contribution in [1.82, 2.24) is 0 Å². The maximum Gasteiger partial charge on any atom is 3.00 e. The van der Waals surface area contributed by atoms with E-state index in [1.54, 1.807) is 0 Å². The van der Waals surface area contributed by atoms with Gasteiger partial charge in [-0.05, 0) is 0 Å². The van der Waals surface area contributed by atoms with Crippen LogP contribution in [0.15, 0.2) is 0 Å². The minimum Gasteiger partial charge on any atom is -0.547 e. The first-order valence-corrected chi connectivity index (χ1v) is 12.1. The summed E-state index contributed by atoms with van der Waals surface area (Å²) >= 11 is 0. The Bertz CT molecular complexity index is 733. The maximum atomic E-state index is 10.1. The molecule has 15 atom stereocenters. The molecular formula is C21H39FeO24. The average molecular weight is 731 g/mol. The summed E-state index contributed by atoms with van der Waals surface area (Å²) in [4.78, 5) is 30.2. The summed E-state index contributed by atoms with van der Waals surface area (Å²) in [6.45, 7) is -2.69. The van der Waals surface area contributed by atoms with Gasteiger partial charge in [-0.2, -0.15) is 0 Å². The molecule has 0 heterocycles. The van der Waals surface area contributed by atoms with E-state index in [0.29, 0.717) is 0 Å². The van der Waals surface area contributed by atoms with E-state index in [2.05, 4.69) is 0 Å². The number of carboxylic acid groups (broad SMARTS) is 3. The van der Waals surface area contributed by atoms with Crippen LogP contribution in [0.5, 0.6) is 0 Å². The van der Waals surface area contributed by atoms with Crippen LogP contribution >= 0.6 is 0 Å². The van der Waals surface area contributed by atoms with Crippen LogP contribution in [0.4, 0.5) is 0 Å². The number of carbonyl (C=O) groups is 3. The summed E-state index contributed by atoms with van der Waals surface area (Å²) in [7, 11) is 0. The van der Waals surface area contributed by atoms with Gasteiger partial charge in [-0.1, -0.05) is 0 Å². The quantitative estimate of drug-likeness (QED) is 0.0582. The molecule has 0 aliphatic rings. The van der Waals surface area contributed by atoms with Crippen LogP contribution in [0.3, 0.4) is 0 Å². The Hall–Kier alpha value is -1.79. The second-order valence-electron chi connectivity index (χ2n) is 8.96. The molecule has 25 heteroatoms. The Balaban J connectivity index is -0.000000285. The smallest absolute Gasteiger partial charge is 0.547 e. The van der Waals surface area contributed by atoms with Crippen LogP contribution in [0.2, 0.25) is 0 Å². The molecule has 0 aromatic rings. The third kappa shape index (κ3) is 17.4. The first kappa shape index (κ1) is 51.1. The summed E-state index contributed by atoms with van der Waals surface area (Å²) in [5, 5.41) is 190. The summed E-state index contributed by atoms with van der Waals surface area (Å²) in [6.07, 6.45) is -31.5. The van der Waals surface area contributed by atoms with E-state index < -0.39 is 129 Å². The molecule has 0 bridgehead atoms. The van der Waals surface area contributed by atoms with Crippen LogP contribution in [0.1, 0.15) is 0 Å². The van der Waals surface area contributed by atoms with E-state index >= 15 is 0 Å². The van der Waals surface area contributed by atoms with E-state index in [1.165, 1.54) is 0 Å². The van der Waals surface area contributed by atoms with Gasteiger partial charge < -0.3 is 122 Å². The van der Waals surface area contributed by atoms with Crippen LogP contribution in [-0.2, 0) is 31.5 Å². The first-order chi connectivity index (χ1) is 20.5. The molecule has 0 saturated carbocycles. The van der Waals surface area contributed by atoms with Gasteiger partial charge in [0.1, 0.15) is 91.6 Å². The second-order valence-corrected chi connectivity index (χ2v) is 8.96. The Kier molecular flexibility index (Phi) is 28.0. The molecule has 0 aromatic heterocycles. The number of aliphatic carboxylic acids is 3. The predicted molar refractivity (Wildman–Crippen MR) is 126 cm³/mol. The van der Waals surface area contributed by atoms with E-state index in [4.69, 9.17) is 91.9 Å². The summed E-state index contributed by atoms with van der Waals surface area (Å²) in [5.41, 5.74) is 0. The van der Waals surface area contributed by atoms with Crippen LogP contribution in [0, 0.1) is 0 Å². The zero-order valence-corrected chi connectivity index (χ0v) is 24.2. The third-order valence-electron chi connectivity index (χ3n) is 5.54. The molecule has 0 fully saturated rings. The van der Waals surface area contributed by atoms with Crippen molar-refractivity contribution in [3.05, 3.63) is 0 Å². The molecule has 3 unspecified atom stereocenters. The molecule has 275 valence electrons. The number of hydrogen-bond donors (Lipinski definition) is 18. The first-order valence-electron chi connectivity index (χ1n) is 12.1.